The molecular weight excluding hydrogens is 314 g/mol. The maximum atomic E-state index is 12.6. The number of carbonyl (C=O) groups is 1. The van der Waals surface area contributed by atoms with E-state index in [1.807, 2.05) is 0 Å². The van der Waals surface area contributed by atoms with E-state index < -0.39 is 0 Å². The number of amides is 1. The van der Waals surface area contributed by atoms with Crippen LogP contribution in [0.3, 0.4) is 0 Å². The maximum Gasteiger partial charge on any atom is 0.255 e. The van der Waals surface area contributed by atoms with Crippen molar-refractivity contribution in [3.63, 3.8) is 0 Å². The first-order valence-corrected chi connectivity index (χ1v) is 9.61. The van der Waals surface area contributed by atoms with Gasteiger partial charge in [0.25, 0.3) is 5.91 Å². The predicted octanol–water partition coefficient (Wildman–Crippen LogP) is 4.04. The molecule has 4 saturated carbocycles. The van der Waals surface area contributed by atoms with Gasteiger partial charge in [-0.1, -0.05) is 0 Å². The number of methoxy groups -OCH3 is 2. The molecule has 0 aliphatic heterocycles. The second kappa shape index (κ2) is 6.54. The number of rotatable bonds is 6. The fourth-order valence-electron chi connectivity index (χ4n) is 6.12. The van der Waals surface area contributed by atoms with Crippen molar-refractivity contribution < 1.29 is 14.3 Å². The van der Waals surface area contributed by atoms with E-state index in [0.29, 0.717) is 22.5 Å². The number of hydrogen-bond donors (Lipinski definition) is 1. The molecule has 1 N–H and O–H groups in total. The van der Waals surface area contributed by atoms with Crippen LogP contribution in [-0.4, -0.2) is 26.7 Å². The zero-order valence-electron chi connectivity index (χ0n) is 15.3. The molecule has 4 nitrogen and oxygen atoms in total. The minimum atomic E-state index is -0.0516. The van der Waals surface area contributed by atoms with Gasteiger partial charge in [-0.15, -0.1) is 0 Å². The van der Waals surface area contributed by atoms with E-state index in [2.05, 4.69) is 5.32 Å². The molecule has 4 aliphatic rings. The Bertz CT molecular complexity index is 619. The zero-order valence-corrected chi connectivity index (χ0v) is 15.3. The van der Waals surface area contributed by atoms with Crippen molar-refractivity contribution in [2.75, 3.05) is 20.8 Å². The highest BCUT2D eigenvalue weighted by molar-refractivity contribution is 5.97. The summed E-state index contributed by atoms with van der Waals surface area (Å²) in [7, 11) is 3.20. The monoisotopic (exact) mass is 343 g/mol. The first-order valence-electron chi connectivity index (χ1n) is 9.61. The van der Waals surface area contributed by atoms with Gasteiger partial charge in [0.15, 0.2) is 0 Å². The topological polar surface area (TPSA) is 47.6 Å². The molecule has 1 aromatic carbocycles. The maximum absolute atomic E-state index is 12.6. The van der Waals surface area contributed by atoms with Gasteiger partial charge < -0.3 is 14.8 Å². The third-order valence-electron chi connectivity index (χ3n) is 6.76. The van der Waals surface area contributed by atoms with Gasteiger partial charge in [0.1, 0.15) is 11.5 Å². The number of nitrogens with one attached hydrogen (secondary N) is 1. The van der Waals surface area contributed by atoms with Gasteiger partial charge in [-0.05, 0) is 80.2 Å². The summed E-state index contributed by atoms with van der Waals surface area (Å²) in [6.07, 6.45) is 9.70. The molecular formula is C21H29NO3. The largest absolute Gasteiger partial charge is 0.497 e. The van der Waals surface area contributed by atoms with Crippen molar-refractivity contribution in [1.29, 1.82) is 0 Å². The molecule has 5 rings (SSSR count). The van der Waals surface area contributed by atoms with E-state index >= 15 is 0 Å². The molecule has 1 aromatic rings. The van der Waals surface area contributed by atoms with Crippen LogP contribution in [0.5, 0.6) is 11.5 Å². The lowest BCUT2D eigenvalue weighted by Gasteiger charge is -2.57. The van der Waals surface area contributed by atoms with Crippen LogP contribution in [0, 0.1) is 23.2 Å². The van der Waals surface area contributed by atoms with Gasteiger partial charge in [-0.2, -0.15) is 0 Å². The van der Waals surface area contributed by atoms with Crippen LogP contribution >= 0.6 is 0 Å². The van der Waals surface area contributed by atoms with Crippen molar-refractivity contribution in [3.05, 3.63) is 23.8 Å². The summed E-state index contributed by atoms with van der Waals surface area (Å²) in [5.74, 6) is 4.09. The van der Waals surface area contributed by atoms with Crippen LogP contribution in [-0.2, 0) is 0 Å². The van der Waals surface area contributed by atoms with Gasteiger partial charge in [0, 0.05) is 12.6 Å². The van der Waals surface area contributed by atoms with Crippen molar-refractivity contribution in [3.8, 4) is 11.5 Å². The van der Waals surface area contributed by atoms with Gasteiger partial charge in [0.05, 0.1) is 19.8 Å². The molecule has 0 heterocycles. The highest BCUT2D eigenvalue weighted by Crippen LogP contribution is 2.61. The van der Waals surface area contributed by atoms with Crippen molar-refractivity contribution >= 4 is 5.91 Å². The Kier molecular flexibility index (Phi) is 4.38. The van der Waals surface area contributed by atoms with Crippen LogP contribution in [0.15, 0.2) is 18.2 Å². The Morgan fingerprint density at radius 2 is 1.72 bits per heavy atom. The summed E-state index contributed by atoms with van der Waals surface area (Å²) in [6.45, 7) is 0.764. The molecule has 25 heavy (non-hydrogen) atoms. The molecule has 0 unspecified atom stereocenters. The average Bonchev–Trinajstić information content (AvgIpc) is 2.59. The third-order valence-corrected chi connectivity index (χ3v) is 6.76. The van der Waals surface area contributed by atoms with Crippen LogP contribution < -0.4 is 14.8 Å². The number of hydrogen-bond acceptors (Lipinski definition) is 3. The minimum Gasteiger partial charge on any atom is -0.497 e. The van der Waals surface area contributed by atoms with E-state index in [-0.39, 0.29) is 5.91 Å². The summed E-state index contributed by atoms with van der Waals surface area (Å²) >= 11 is 0. The zero-order chi connectivity index (χ0) is 17.4. The van der Waals surface area contributed by atoms with Gasteiger partial charge >= 0.3 is 0 Å². The number of benzene rings is 1. The molecule has 0 atom stereocenters. The molecule has 1 amide bonds. The third kappa shape index (κ3) is 3.23. The molecule has 136 valence electrons. The summed E-state index contributed by atoms with van der Waals surface area (Å²) in [5, 5.41) is 3.13. The number of ether oxygens (including phenoxy) is 2. The fraction of sp³-hybridized carbons (Fsp3) is 0.667. The lowest BCUT2D eigenvalue weighted by Crippen LogP contribution is -2.47. The average molecular weight is 343 g/mol. The Balaban J connectivity index is 1.37. The van der Waals surface area contributed by atoms with Crippen LogP contribution in [0.1, 0.15) is 55.3 Å². The highest BCUT2D eigenvalue weighted by atomic mass is 16.5. The second-order valence-corrected chi connectivity index (χ2v) is 8.49. The molecule has 0 saturated heterocycles. The van der Waals surface area contributed by atoms with Gasteiger partial charge in [0.2, 0.25) is 0 Å². The SMILES string of the molecule is COc1ccc(C(=O)NCCC23CC4CC(CC(C4)C2)C3)c(OC)c1. The Labute approximate surface area is 150 Å². The van der Waals surface area contributed by atoms with E-state index in [9.17, 15) is 4.79 Å². The quantitative estimate of drug-likeness (QED) is 0.848. The molecule has 4 fully saturated rings. The van der Waals surface area contributed by atoms with E-state index in [1.54, 1.807) is 32.4 Å². The minimum absolute atomic E-state index is 0.0516. The van der Waals surface area contributed by atoms with Gasteiger partial charge in [-0.3, -0.25) is 4.79 Å². The van der Waals surface area contributed by atoms with E-state index in [1.165, 1.54) is 38.5 Å². The number of carbonyl (C=O) groups excluding carboxylic acids is 1. The normalized spacial score (nSPS) is 32.5. The summed E-state index contributed by atoms with van der Waals surface area (Å²) < 4.78 is 10.5. The molecule has 4 heteroatoms. The van der Waals surface area contributed by atoms with Crippen LogP contribution in [0.2, 0.25) is 0 Å². The summed E-state index contributed by atoms with van der Waals surface area (Å²) in [6, 6.07) is 5.34. The van der Waals surface area contributed by atoms with Crippen molar-refractivity contribution in [2.45, 2.75) is 44.9 Å². The molecule has 4 aliphatic carbocycles. The molecule has 4 bridgehead atoms. The predicted molar refractivity (Wildman–Crippen MR) is 97.1 cm³/mol. The first-order chi connectivity index (χ1) is 12.1. The molecule has 0 aromatic heterocycles. The fourth-order valence-corrected chi connectivity index (χ4v) is 6.12. The van der Waals surface area contributed by atoms with Crippen LogP contribution in [0.4, 0.5) is 0 Å². The summed E-state index contributed by atoms with van der Waals surface area (Å²) in [4.78, 5) is 12.6. The van der Waals surface area contributed by atoms with Crippen molar-refractivity contribution in [2.24, 2.45) is 23.2 Å². The Morgan fingerprint density at radius 3 is 2.28 bits per heavy atom. The second-order valence-electron chi connectivity index (χ2n) is 8.49. The van der Waals surface area contributed by atoms with E-state index in [0.717, 1.165) is 30.7 Å². The summed E-state index contributed by atoms with van der Waals surface area (Å²) in [5.41, 5.74) is 1.08. The van der Waals surface area contributed by atoms with E-state index in [4.69, 9.17) is 9.47 Å². The first kappa shape index (κ1) is 16.7. The smallest absolute Gasteiger partial charge is 0.255 e. The molecule has 0 radical (unpaired) electrons. The van der Waals surface area contributed by atoms with Crippen LogP contribution in [0.25, 0.3) is 0 Å². The lowest BCUT2D eigenvalue weighted by atomic mass is 9.49. The molecule has 0 spiro atoms. The van der Waals surface area contributed by atoms with Crippen molar-refractivity contribution in [1.82, 2.24) is 5.32 Å². The van der Waals surface area contributed by atoms with Gasteiger partial charge in [-0.25, -0.2) is 0 Å². The standard InChI is InChI=1S/C21H29NO3/c1-24-17-3-4-18(19(10-17)25-2)20(23)22-6-5-21-11-14-7-15(12-21)9-16(8-14)13-21/h3-4,10,14-16H,5-9,11-13H2,1-2H3,(H,22,23). The Morgan fingerprint density at radius 1 is 1.08 bits per heavy atom. The lowest BCUT2D eigenvalue weighted by molar-refractivity contribution is -0.0564. The Hall–Kier alpha value is -1.71. The highest BCUT2D eigenvalue weighted by Gasteiger charge is 2.50.